The second kappa shape index (κ2) is 12.2. The minimum Gasteiger partial charge on any atom is -0.313 e. The highest BCUT2D eigenvalue weighted by Gasteiger charge is 1.99. The Morgan fingerprint density at radius 2 is 1.56 bits per heavy atom. The van der Waals surface area contributed by atoms with Crippen LogP contribution in [0.1, 0.15) is 19.3 Å². The van der Waals surface area contributed by atoms with Gasteiger partial charge in [0, 0.05) is 19.6 Å². The van der Waals surface area contributed by atoms with Crippen molar-refractivity contribution in [2.45, 2.75) is 19.3 Å². The van der Waals surface area contributed by atoms with Gasteiger partial charge in [-0.25, -0.2) is 0 Å². The maximum Gasteiger partial charge on any atom is 0.0163 e. The van der Waals surface area contributed by atoms with Gasteiger partial charge < -0.3 is 5.32 Å². The van der Waals surface area contributed by atoms with E-state index in [1.807, 2.05) is 18.2 Å². The molecule has 0 aliphatic carbocycles. The molecule has 0 aliphatic heterocycles. The van der Waals surface area contributed by atoms with Crippen LogP contribution in [0.15, 0.2) is 38.0 Å². The number of hydrogen-bond donors (Lipinski definition) is 1. The fourth-order valence-corrected chi connectivity index (χ4v) is 1.59. The number of nitrogens with zero attached hydrogens (tertiary/aromatic N) is 1. The molecule has 1 N–H and O–H groups in total. The van der Waals surface area contributed by atoms with Crippen LogP contribution in [0.5, 0.6) is 0 Å². The lowest BCUT2D eigenvalue weighted by Crippen LogP contribution is -2.25. The molecular weight excluding hydrogens is 196 g/mol. The summed E-state index contributed by atoms with van der Waals surface area (Å²) in [7, 11) is 0. The highest BCUT2D eigenvalue weighted by molar-refractivity contribution is 4.79. The van der Waals surface area contributed by atoms with Crippen LogP contribution in [0.25, 0.3) is 0 Å². The lowest BCUT2D eigenvalue weighted by Gasteiger charge is -2.18. The Hall–Kier alpha value is -0.860. The van der Waals surface area contributed by atoms with Gasteiger partial charge >= 0.3 is 0 Å². The van der Waals surface area contributed by atoms with Crippen molar-refractivity contribution < 1.29 is 0 Å². The van der Waals surface area contributed by atoms with Crippen molar-refractivity contribution >= 4 is 0 Å². The summed E-state index contributed by atoms with van der Waals surface area (Å²) >= 11 is 0. The average molecular weight is 222 g/mol. The average Bonchev–Trinajstić information content (AvgIpc) is 2.28. The number of hydrogen-bond acceptors (Lipinski definition) is 2. The normalized spacial score (nSPS) is 10.3. The van der Waals surface area contributed by atoms with E-state index >= 15 is 0 Å². The molecule has 0 atom stereocenters. The number of rotatable bonds is 12. The van der Waals surface area contributed by atoms with Crippen LogP contribution < -0.4 is 5.32 Å². The first kappa shape index (κ1) is 15.1. The summed E-state index contributed by atoms with van der Waals surface area (Å²) in [6, 6.07) is 0. The van der Waals surface area contributed by atoms with Crippen LogP contribution in [0, 0.1) is 0 Å². The van der Waals surface area contributed by atoms with E-state index in [9.17, 15) is 0 Å². The van der Waals surface area contributed by atoms with Gasteiger partial charge in [-0.05, 0) is 25.9 Å². The molecule has 0 aromatic heterocycles. The van der Waals surface area contributed by atoms with Gasteiger partial charge in [0.2, 0.25) is 0 Å². The van der Waals surface area contributed by atoms with Crippen LogP contribution in [0.3, 0.4) is 0 Å². The molecule has 0 spiro atoms. The van der Waals surface area contributed by atoms with Gasteiger partial charge in [0.05, 0.1) is 0 Å². The van der Waals surface area contributed by atoms with Crippen molar-refractivity contribution in [2.24, 2.45) is 0 Å². The maximum atomic E-state index is 3.77. The molecule has 0 aliphatic rings. The smallest absolute Gasteiger partial charge is 0.0163 e. The van der Waals surface area contributed by atoms with Crippen molar-refractivity contribution in [3.63, 3.8) is 0 Å². The molecule has 2 nitrogen and oxygen atoms in total. The molecule has 0 rings (SSSR count). The molecule has 0 aromatic rings. The van der Waals surface area contributed by atoms with Gasteiger partial charge in [-0.15, -0.1) is 19.7 Å². The molecule has 0 bridgehead atoms. The lowest BCUT2D eigenvalue weighted by atomic mass is 10.2. The molecule has 0 fully saturated rings. The second-order valence-corrected chi connectivity index (χ2v) is 3.89. The van der Waals surface area contributed by atoms with Gasteiger partial charge in [0.25, 0.3) is 0 Å². The van der Waals surface area contributed by atoms with Crippen LogP contribution in [0.4, 0.5) is 0 Å². The van der Waals surface area contributed by atoms with Crippen LogP contribution in [-0.2, 0) is 0 Å². The van der Waals surface area contributed by atoms with E-state index in [-0.39, 0.29) is 0 Å². The summed E-state index contributed by atoms with van der Waals surface area (Å²) in [5.74, 6) is 0. The molecular formula is C14H26N2. The molecule has 0 aromatic carbocycles. The number of nitrogens with one attached hydrogen (secondary N) is 1. The zero-order valence-electron chi connectivity index (χ0n) is 10.5. The third-order valence-corrected chi connectivity index (χ3v) is 2.39. The molecule has 92 valence electrons. The molecule has 0 saturated carbocycles. The Bertz CT molecular complexity index is 177. The number of unbranched alkanes of at least 4 members (excludes halogenated alkanes) is 2. The Labute approximate surface area is 101 Å². The van der Waals surface area contributed by atoms with E-state index in [0.717, 1.165) is 32.7 Å². The van der Waals surface area contributed by atoms with Gasteiger partial charge in [-0.2, -0.15) is 0 Å². The van der Waals surface area contributed by atoms with E-state index in [1.54, 1.807) is 0 Å². The van der Waals surface area contributed by atoms with E-state index in [2.05, 4.69) is 30.0 Å². The predicted octanol–water partition coefficient (Wildman–Crippen LogP) is 2.61. The largest absolute Gasteiger partial charge is 0.313 e. The van der Waals surface area contributed by atoms with E-state index in [1.165, 1.54) is 19.3 Å². The van der Waals surface area contributed by atoms with Gasteiger partial charge in [-0.1, -0.05) is 24.6 Å². The zero-order valence-corrected chi connectivity index (χ0v) is 10.5. The predicted molar refractivity (Wildman–Crippen MR) is 73.8 cm³/mol. The highest BCUT2D eigenvalue weighted by atomic mass is 15.1. The highest BCUT2D eigenvalue weighted by Crippen LogP contribution is 1.98. The van der Waals surface area contributed by atoms with Gasteiger partial charge in [-0.3, -0.25) is 4.90 Å². The van der Waals surface area contributed by atoms with Crippen LogP contribution in [-0.4, -0.2) is 37.6 Å². The molecule has 0 radical (unpaired) electrons. The SMILES string of the molecule is C=CCNCCCCCN(CC=C)CC=C. The Kier molecular flexibility index (Phi) is 11.6. The molecule has 0 heterocycles. The van der Waals surface area contributed by atoms with Crippen LogP contribution >= 0.6 is 0 Å². The van der Waals surface area contributed by atoms with Crippen LogP contribution in [0.2, 0.25) is 0 Å². The summed E-state index contributed by atoms with van der Waals surface area (Å²) < 4.78 is 0. The summed E-state index contributed by atoms with van der Waals surface area (Å²) in [6.45, 7) is 16.3. The minimum atomic E-state index is 0.916. The van der Waals surface area contributed by atoms with Crippen molar-refractivity contribution in [3.8, 4) is 0 Å². The lowest BCUT2D eigenvalue weighted by molar-refractivity contribution is 0.325. The topological polar surface area (TPSA) is 15.3 Å². The van der Waals surface area contributed by atoms with E-state index in [4.69, 9.17) is 0 Å². The molecule has 0 amide bonds. The van der Waals surface area contributed by atoms with Crippen molar-refractivity contribution in [3.05, 3.63) is 38.0 Å². The van der Waals surface area contributed by atoms with Crippen molar-refractivity contribution in [1.29, 1.82) is 0 Å². The summed E-state index contributed by atoms with van der Waals surface area (Å²) in [5, 5.41) is 3.31. The summed E-state index contributed by atoms with van der Waals surface area (Å²) in [5.41, 5.74) is 0. The molecule has 2 heteroatoms. The Morgan fingerprint density at radius 3 is 2.12 bits per heavy atom. The maximum absolute atomic E-state index is 3.77. The summed E-state index contributed by atoms with van der Waals surface area (Å²) in [6.07, 6.45) is 9.57. The Balaban J connectivity index is 3.35. The standard InChI is InChI=1S/C14H26N2/c1-4-10-15-11-8-7-9-14-16(12-5-2)13-6-3/h4-6,15H,1-3,7-14H2. The first-order valence-electron chi connectivity index (χ1n) is 6.11. The molecule has 0 saturated heterocycles. The monoisotopic (exact) mass is 222 g/mol. The van der Waals surface area contributed by atoms with Crippen molar-refractivity contribution in [2.75, 3.05) is 32.7 Å². The Morgan fingerprint density at radius 1 is 0.875 bits per heavy atom. The summed E-state index contributed by atoms with van der Waals surface area (Å²) in [4.78, 5) is 2.36. The fourth-order valence-electron chi connectivity index (χ4n) is 1.59. The zero-order chi connectivity index (χ0) is 12.1. The molecule has 16 heavy (non-hydrogen) atoms. The van der Waals surface area contributed by atoms with Gasteiger partial charge in [0.1, 0.15) is 0 Å². The quantitative estimate of drug-likeness (QED) is 0.403. The first-order valence-corrected chi connectivity index (χ1v) is 6.11. The van der Waals surface area contributed by atoms with Gasteiger partial charge in [0.15, 0.2) is 0 Å². The third-order valence-electron chi connectivity index (χ3n) is 2.39. The fraction of sp³-hybridized carbons (Fsp3) is 0.571. The van der Waals surface area contributed by atoms with E-state index in [0.29, 0.717) is 0 Å². The van der Waals surface area contributed by atoms with E-state index < -0.39 is 0 Å². The molecule has 0 unspecified atom stereocenters. The van der Waals surface area contributed by atoms with Crippen molar-refractivity contribution in [1.82, 2.24) is 10.2 Å². The minimum absolute atomic E-state index is 0.916. The third kappa shape index (κ3) is 9.69. The second-order valence-electron chi connectivity index (χ2n) is 3.89. The first-order chi connectivity index (χ1) is 7.85.